The van der Waals surface area contributed by atoms with Crippen LogP contribution in [0.25, 0.3) is 95.1 Å². The minimum absolute atomic E-state index is 0.519. The van der Waals surface area contributed by atoms with Gasteiger partial charge in [-0.3, -0.25) is 0 Å². The highest BCUT2D eigenvalue weighted by atomic mass is 32.1. The lowest BCUT2D eigenvalue weighted by atomic mass is 10.0. The van der Waals surface area contributed by atoms with E-state index in [4.69, 9.17) is 15.0 Å². The lowest BCUT2D eigenvalue weighted by molar-refractivity contribution is 1.06. The van der Waals surface area contributed by atoms with E-state index >= 15 is 0 Å². The molecule has 4 heterocycles. The Bertz CT molecular complexity index is 3030. The Morgan fingerprint density at radius 1 is 0.596 bits per heavy atom. The molecule has 1 N–H and O–H groups in total. The molecule has 1 aliphatic rings. The first kappa shape index (κ1) is 30.0. The topological polar surface area (TPSA) is 79.4 Å². The van der Waals surface area contributed by atoms with E-state index in [1.54, 1.807) is 17.4 Å². The number of benzene rings is 6. The third kappa shape index (κ3) is 4.97. The molecule has 9 aromatic rings. The third-order valence-corrected chi connectivity index (χ3v) is 10.9. The molecule has 0 fully saturated rings. The number of hydrogen-bond donors (Lipinski definition) is 1. The Morgan fingerprint density at radius 2 is 1.31 bits per heavy atom. The van der Waals surface area contributed by atoms with Crippen molar-refractivity contribution in [3.05, 3.63) is 155 Å². The summed E-state index contributed by atoms with van der Waals surface area (Å²) in [7, 11) is 0. The molecule has 52 heavy (non-hydrogen) atoms. The van der Waals surface area contributed by atoms with Gasteiger partial charge in [0, 0.05) is 56.0 Å². The fourth-order valence-electron chi connectivity index (χ4n) is 7.28. The summed E-state index contributed by atoms with van der Waals surface area (Å²) >= 11 is 1.74. The van der Waals surface area contributed by atoms with Crippen molar-refractivity contribution in [2.24, 2.45) is 0 Å². The summed E-state index contributed by atoms with van der Waals surface area (Å²) in [6, 6.07) is 50.2. The monoisotopic (exact) mass is 684 g/mol. The van der Waals surface area contributed by atoms with Crippen molar-refractivity contribution in [1.29, 1.82) is 5.26 Å². The maximum atomic E-state index is 9.71. The van der Waals surface area contributed by atoms with Gasteiger partial charge in [-0.15, -0.1) is 11.3 Å². The lowest BCUT2D eigenvalue weighted by Gasteiger charge is -2.13. The minimum Gasteiger partial charge on any atom is -0.386 e. The van der Waals surface area contributed by atoms with Crippen LogP contribution in [0.15, 0.2) is 140 Å². The maximum Gasteiger partial charge on any atom is 0.165 e. The second-order valence-corrected chi connectivity index (χ2v) is 13.9. The van der Waals surface area contributed by atoms with Crippen LogP contribution < -0.4 is 15.1 Å². The molecular weight excluding hydrogens is 657 g/mol. The van der Waals surface area contributed by atoms with E-state index < -0.39 is 0 Å². The average molecular weight is 685 g/mol. The summed E-state index contributed by atoms with van der Waals surface area (Å²) in [4.78, 5) is 15.3. The highest BCUT2D eigenvalue weighted by molar-refractivity contribution is 7.17. The molecule has 1 aliphatic heterocycles. The predicted molar refractivity (Wildman–Crippen MR) is 212 cm³/mol. The molecule has 3 aromatic heterocycles. The van der Waals surface area contributed by atoms with Gasteiger partial charge < -0.3 is 9.88 Å². The Hall–Kier alpha value is -6.88. The van der Waals surface area contributed by atoms with E-state index in [1.807, 2.05) is 48.5 Å². The van der Waals surface area contributed by atoms with Gasteiger partial charge in [0.15, 0.2) is 17.5 Å². The first-order valence-corrected chi connectivity index (χ1v) is 18.0. The van der Waals surface area contributed by atoms with Crippen molar-refractivity contribution in [3.63, 3.8) is 0 Å². The van der Waals surface area contributed by atoms with Crippen molar-refractivity contribution in [1.82, 2.24) is 24.8 Å². The molecule has 0 bridgehead atoms. The van der Waals surface area contributed by atoms with Crippen molar-refractivity contribution >= 4 is 55.5 Å². The molecule has 0 atom stereocenters. The molecule has 0 spiro atoms. The summed E-state index contributed by atoms with van der Waals surface area (Å²) in [5.41, 5.74) is 8.76. The summed E-state index contributed by atoms with van der Waals surface area (Å²) < 4.78 is 4.66. The van der Waals surface area contributed by atoms with Crippen LogP contribution in [0, 0.1) is 11.3 Å². The molecule has 0 saturated heterocycles. The molecule has 0 saturated carbocycles. The summed E-state index contributed by atoms with van der Waals surface area (Å²) in [5.74, 6) is 1.67. The standard InChI is InChI=1S/C45H28N6S/c46-26-28-10-9-15-32(22-28)44-48-43(30-13-5-2-6-14-30)49-45(50-44)38-25-33(24-37-36-20-21-47-27-41(36)52-42(37)38)51-39-17-8-7-16-34(39)35-19-18-31(23-40(35)51)29-11-3-1-4-12-29/h1-20,22-25,27,47H,21H2. The number of aromatic nitrogens is 4. The number of thiophene rings is 1. The number of nitrogens with zero attached hydrogens (tertiary/aromatic N) is 5. The third-order valence-electron chi connectivity index (χ3n) is 9.70. The number of hydrogen-bond acceptors (Lipinski definition) is 6. The molecule has 10 rings (SSSR count). The first-order chi connectivity index (χ1) is 25.7. The van der Waals surface area contributed by atoms with Crippen LogP contribution in [0.4, 0.5) is 0 Å². The molecule has 244 valence electrons. The molecule has 0 unspecified atom stereocenters. The fourth-order valence-corrected chi connectivity index (χ4v) is 8.48. The average Bonchev–Trinajstić information content (AvgIpc) is 3.76. The number of nitrogens with one attached hydrogen (secondary N) is 1. The van der Waals surface area contributed by atoms with Crippen molar-refractivity contribution in [2.75, 3.05) is 6.54 Å². The van der Waals surface area contributed by atoms with Crippen LogP contribution >= 0.6 is 11.3 Å². The van der Waals surface area contributed by atoms with Crippen LogP contribution in [0.1, 0.15) is 5.56 Å². The molecular formula is C45H28N6S. The molecule has 6 aromatic carbocycles. The van der Waals surface area contributed by atoms with Crippen LogP contribution in [0.2, 0.25) is 0 Å². The zero-order valence-corrected chi connectivity index (χ0v) is 28.6. The number of para-hydroxylation sites is 1. The summed E-state index contributed by atoms with van der Waals surface area (Å²) in [6.07, 6.45) is 4.38. The van der Waals surface area contributed by atoms with Gasteiger partial charge in [-0.1, -0.05) is 109 Å². The Balaban J connectivity index is 1.30. The van der Waals surface area contributed by atoms with E-state index in [0.717, 1.165) is 55.6 Å². The SMILES string of the molecule is N#Cc1cccc(-c2nc(-c3ccccc3)nc(-c3cc(-n4c5ccccc5c5ccc(-c6ccccc6)cc54)cc4c5c(sc34)=CNCC=5)n2)c1. The number of fused-ring (bicyclic) bond motifs is 6. The van der Waals surface area contributed by atoms with Crippen molar-refractivity contribution < 1.29 is 0 Å². The first-order valence-electron chi connectivity index (χ1n) is 17.1. The van der Waals surface area contributed by atoms with Crippen molar-refractivity contribution in [3.8, 4) is 57.0 Å². The highest BCUT2D eigenvalue weighted by Gasteiger charge is 2.21. The largest absolute Gasteiger partial charge is 0.386 e. The van der Waals surface area contributed by atoms with Crippen LogP contribution in [-0.4, -0.2) is 26.1 Å². The Morgan fingerprint density at radius 3 is 2.13 bits per heavy atom. The molecule has 0 amide bonds. The van der Waals surface area contributed by atoms with Crippen LogP contribution in [-0.2, 0) is 0 Å². The molecule has 6 nitrogen and oxygen atoms in total. The van der Waals surface area contributed by atoms with Crippen LogP contribution in [0.5, 0.6) is 0 Å². The Kier molecular flexibility index (Phi) is 7.01. The lowest BCUT2D eigenvalue weighted by Crippen LogP contribution is -2.28. The number of nitriles is 1. The van der Waals surface area contributed by atoms with Gasteiger partial charge in [0.25, 0.3) is 0 Å². The quantitative estimate of drug-likeness (QED) is 0.196. The number of rotatable bonds is 5. The Labute approximate surface area is 302 Å². The zero-order chi connectivity index (χ0) is 34.6. The predicted octanol–water partition coefficient (Wildman–Crippen LogP) is 8.84. The highest BCUT2D eigenvalue weighted by Crippen LogP contribution is 2.38. The van der Waals surface area contributed by atoms with Crippen LogP contribution in [0.3, 0.4) is 0 Å². The van der Waals surface area contributed by atoms with Gasteiger partial charge >= 0.3 is 0 Å². The van der Waals surface area contributed by atoms with E-state index in [1.165, 1.54) is 26.1 Å². The normalized spacial score (nSPS) is 12.2. The maximum absolute atomic E-state index is 9.71. The van der Waals surface area contributed by atoms with Gasteiger partial charge in [-0.2, -0.15) is 5.26 Å². The minimum atomic E-state index is 0.519. The van der Waals surface area contributed by atoms with E-state index in [9.17, 15) is 5.26 Å². The van der Waals surface area contributed by atoms with Gasteiger partial charge in [0.1, 0.15) is 0 Å². The second kappa shape index (κ2) is 12.2. The van der Waals surface area contributed by atoms with Gasteiger partial charge in [0.05, 0.1) is 27.2 Å². The molecule has 0 aliphatic carbocycles. The van der Waals surface area contributed by atoms with E-state index in [0.29, 0.717) is 23.0 Å². The zero-order valence-electron chi connectivity index (χ0n) is 27.8. The fraction of sp³-hybridized carbons (Fsp3) is 0.0222. The summed E-state index contributed by atoms with van der Waals surface area (Å²) in [5, 5.41) is 17.9. The summed E-state index contributed by atoms with van der Waals surface area (Å²) in [6.45, 7) is 0.761. The van der Waals surface area contributed by atoms with Gasteiger partial charge in [0.2, 0.25) is 0 Å². The second-order valence-electron chi connectivity index (χ2n) is 12.8. The van der Waals surface area contributed by atoms with Gasteiger partial charge in [-0.05, 0) is 52.7 Å². The molecule has 7 heteroatoms. The van der Waals surface area contributed by atoms with E-state index in [2.05, 4.69) is 113 Å². The van der Waals surface area contributed by atoms with E-state index in [-0.39, 0.29) is 0 Å². The molecule has 0 radical (unpaired) electrons. The van der Waals surface area contributed by atoms with Crippen molar-refractivity contribution in [2.45, 2.75) is 0 Å². The van der Waals surface area contributed by atoms with Gasteiger partial charge in [-0.25, -0.2) is 15.0 Å². The smallest absolute Gasteiger partial charge is 0.165 e.